The quantitative estimate of drug-likeness (QED) is 0.604. The first kappa shape index (κ1) is 21.2. The predicted octanol–water partition coefficient (Wildman–Crippen LogP) is 4.75. The van der Waals surface area contributed by atoms with Crippen LogP contribution in [0.25, 0.3) is 22.8 Å². The molecular formula is C24H34N5+. The second-order valence-electron chi connectivity index (χ2n) is 9.85. The Bertz CT molecular complexity index is 1000. The molecule has 5 nitrogen and oxygen atoms in total. The van der Waals surface area contributed by atoms with Crippen LogP contribution in [0.4, 0.5) is 0 Å². The number of benzene rings is 1. The SMILES string of the molecule is CCn1cc[n+](C)c1-c1cc(-c2nc(C(C)(C)C)nc(C(C)(C)C)n2)ccc1C. The summed E-state index contributed by atoms with van der Waals surface area (Å²) in [5, 5.41) is 0. The molecule has 0 atom stereocenters. The summed E-state index contributed by atoms with van der Waals surface area (Å²) in [5.41, 5.74) is 3.17. The highest BCUT2D eigenvalue weighted by molar-refractivity contribution is 5.68. The molecule has 0 saturated carbocycles. The van der Waals surface area contributed by atoms with Crippen molar-refractivity contribution in [3.63, 3.8) is 0 Å². The monoisotopic (exact) mass is 392 g/mol. The lowest BCUT2D eigenvalue weighted by Crippen LogP contribution is -2.29. The largest absolute Gasteiger partial charge is 0.288 e. The summed E-state index contributed by atoms with van der Waals surface area (Å²) >= 11 is 0. The zero-order valence-electron chi connectivity index (χ0n) is 19.3. The average Bonchev–Trinajstić information content (AvgIpc) is 3.01. The third-order valence-electron chi connectivity index (χ3n) is 5.13. The number of aryl methyl sites for hydroxylation is 3. The molecule has 0 aliphatic carbocycles. The van der Waals surface area contributed by atoms with E-state index in [1.807, 2.05) is 0 Å². The Morgan fingerprint density at radius 1 is 0.931 bits per heavy atom. The van der Waals surface area contributed by atoms with Crippen molar-refractivity contribution in [1.82, 2.24) is 19.5 Å². The molecule has 0 unspecified atom stereocenters. The number of imidazole rings is 1. The van der Waals surface area contributed by atoms with Gasteiger partial charge in [-0.05, 0) is 25.5 Å². The molecule has 29 heavy (non-hydrogen) atoms. The Morgan fingerprint density at radius 2 is 1.52 bits per heavy atom. The fourth-order valence-electron chi connectivity index (χ4n) is 3.30. The lowest BCUT2D eigenvalue weighted by molar-refractivity contribution is -0.659. The van der Waals surface area contributed by atoms with Gasteiger partial charge in [-0.3, -0.25) is 0 Å². The molecule has 1 aromatic carbocycles. The Labute approximate surface area is 174 Å². The minimum absolute atomic E-state index is 0.144. The van der Waals surface area contributed by atoms with E-state index >= 15 is 0 Å². The van der Waals surface area contributed by atoms with E-state index in [2.05, 4.69) is 102 Å². The maximum atomic E-state index is 4.87. The smallest absolute Gasteiger partial charge is 0.233 e. The fraction of sp³-hybridized carbons (Fsp3) is 0.500. The molecule has 3 aromatic rings. The van der Waals surface area contributed by atoms with Crippen molar-refractivity contribution >= 4 is 0 Å². The van der Waals surface area contributed by atoms with Crippen molar-refractivity contribution < 1.29 is 4.57 Å². The van der Waals surface area contributed by atoms with E-state index in [1.165, 1.54) is 17.0 Å². The normalized spacial score (nSPS) is 12.4. The number of nitrogens with zero attached hydrogens (tertiary/aromatic N) is 5. The molecule has 0 fully saturated rings. The van der Waals surface area contributed by atoms with Crippen LogP contribution >= 0.6 is 0 Å². The first-order chi connectivity index (χ1) is 13.4. The lowest BCUT2D eigenvalue weighted by atomic mass is 9.92. The van der Waals surface area contributed by atoms with Gasteiger partial charge in [-0.15, -0.1) is 0 Å². The summed E-state index contributed by atoms with van der Waals surface area (Å²) in [5.74, 6) is 3.59. The van der Waals surface area contributed by atoms with Crippen LogP contribution in [-0.4, -0.2) is 19.5 Å². The molecule has 0 spiro atoms. The van der Waals surface area contributed by atoms with E-state index in [4.69, 9.17) is 15.0 Å². The van der Waals surface area contributed by atoms with Crippen molar-refractivity contribution in [3.05, 3.63) is 47.8 Å². The molecule has 2 heterocycles. The standard InChI is InChI=1S/C24H34N5/c1-10-29-14-13-28(9)20(29)18-15-17(12-11-16(18)2)19-25-21(23(3,4)5)27-22(26-19)24(6,7)8/h11-15H,10H2,1-9H3/q+1. The molecule has 0 saturated heterocycles. The van der Waals surface area contributed by atoms with E-state index in [9.17, 15) is 0 Å². The van der Waals surface area contributed by atoms with Gasteiger partial charge in [0.25, 0.3) is 5.82 Å². The van der Waals surface area contributed by atoms with E-state index < -0.39 is 0 Å². The number of hydrogen-bond acceptors (Lipinski definition) is 3. The van der Waals surface area contributed by atoms with Crippen LogP contribution in [0.3, 0.4) is 0 Å². The van der Waals surface area contributed by atoms with Gasteiger partial charge >= 0.3 is 0 Å². The molecule has 154 valence electrons. The van der Waals surface area contributed by atoms with Gasteiger partial charge in [0, 0.05) is 16.4 Å². The van der Waals surface area contributed by atoms with Crippen LogP contribution < -0.4 is 4.57 Å². The average molecular weight is 393 g/mol. The zero-order chi connectivity index (χ0) is 21.6. The van der Waals surface area contributed by atoms with Crippen LogP contribution in [-0.2, 0) is 24.4 Å². The van der Waals surface area contributed by atoms with Gasteiger partial charge in [0.2, 0.25) is 0 Å². The van der Waals surface area contributed by atoms with E-state index in [1.54, 1.807) is 0 Å². The van der Waals surface area contributed by atoms with Crippen LogP contribution in [0, 0.1) is 6.92 Å². The minimum atomic E-state index is -0.144. The molecule has 3 rings (SSSR count). The van der Waals surface area contributed by atoms with E-state index in [-0.39, 0.29) is 10.8 Å². The van der Waals surface area contributed by atoms with E-state index in [0.29, 0.717) is 0 Å². The molecule has 0 N–H and O–H groups in total. The van der Waals surface area contributed by atoms with Gasteiger partial charge in [0.1, 0.15) is 24.0 Å². The summed E-state index contributed by atoms with van der Waals surface area (Å²) in [6, 6.07) is 6.49. The van der Waals surface area contributed by atoms with Gasteiger partial charge < -0.3 is 0 Å². The van der Waals surface area contributed by atoms with Crippen molar-refractivity contribution in [1.29, 1.82) is 0 Å². The molecular weight excluding hydrogens is 358 g/mol. The summed E-state index contributed by atoms with van der Waals surface area (Å²) in [6.07, 6.45) is 4.23. The Morgan fingerprint density at radius 3 is 2.03 bits per heavy atom. The maximum absolute atomic E-state index is 4.87. The summed E-state index contributed by atoms with van der Waals surface area (Å²) in [7, 11) is 2.09. The Kier molecular flexibility index (Phi) is 5.37. The number of hydrogen-bond donors (Lipinski definition) is 0. The van der Waals surface area contributed by atoms with Gasteiger partial charge in [-0.2, -0.15) is 0 Å². The maximum Gasteiger partial charge on any atom is 0.288 e. The third-order valence-corrected chi connectivity index (χ3v) is 5.13. The van der Waals surface area contributed by atoms with E-state index in [0.717, 1.165) is 29.6 Å². The Hall–Kier alpha value is -2.56. The zero-order valence-corrected chi connectivity index (χ0v) is 19.3. The first-order valence-electron chi connectivity index (χ1n) is 10.3. The topological polar surface area (TPSA) is 47.5 Å². The van der Waals surface area contributed by atoms with Gasteiger partial charge in [0.15, 0.2) is 5.82 Å². The van der Waals surface area contributed by atoms with Gasteiger partial charge in [-0.25, -0.2) is 24.1 Å². The second kappa shape index (κ2) is 7.36. The number of rotatable bonds is 3. The molecule has 0 aliphatic rings. The van der Waals surface area contributed by atoms with Crippen molar-refractivity contribution in [2.45, 2.75) is 72.8 Å². The van der Waals surface area contributed by atoms with Crippen molar-refractivity contribution in [3.8, 4) is 22.8 Å². The minimum Gasteiger partial charge on any atom is -0.233 e. The summed E-state index contributed by atoms with van der Waals surface area (Å²) in [4.78, 5) is 14.5. The lowest BCUT2D eigenvalue weighted by Gasteiger charge is -2.22. The highest BCUT2D eigenvalue weighted by Crippen LogP contribution is 2.29. The molecule has 0 bridgehead atoms. The summed E-state index contributed by atoms with van der Waals surface area (Å²) in [6.45, 7) is 18.1. The number of aromatic nitrogens is 5. The highest BCUT2D eigenvalue weighted by Gasteiger charge is 2.26. The summed E-state index contributed by atoms with van der Waals surface area (Å²) < 4.78 is 4.44. The molecule has 0 radical (unpaired) electrons. The van der Waals surface area contributed by atoms with Gasteiger partial charge in [-0.1, -0.05) is 53.7 Å². The van der Waals surface area contributed by atoms with Crippen LogP contribution in [0.5, 0.6) is 0 Å². The van der Waals surface area contributed by atoms with Crippen LogP contribution in [0.1, 0.15) is 65.7 Å². The fourth-order valence-corrected chi connectivity index (χ4v) is 3.30. The molecule has 0 aliphatic heterocycles. The first-order valence-corrected chi connectivity index (χ1v) is 10.3. The Balaban J connectivity index is 2.23. The van der Waals surface area contributed by atoms with Crippen molar-refractivity contribution in [2.75, 3.05) is 0 Å². The molecule has 0 amide bonds. The molecule has 2 aromatic heterocycles. The third kappa shape index (κ3) is 4.24. The predicted molar refractivity (Wildman–Crippen MR) is 118 cm³/mol. The van der Waals surface area contributed by atoms with Gasteiger partial charge in [0.05, 0.1) is 19.2 Å². The molecule has 5 heteroatoms. The second-order valence-corrected chi connectivity index (χ2v) is 9.85. The van der Waals surface area contributed by atoms with Crippen LogP contribution in [0.15, 0.2) is 30.6 Å². The highest BCUT2D eigenvalue weighted by atomic mass is 15.1. The van der Waals surface area contributed by atoms with Crippen molar-refractivity contribution in [2.24, 2.45) is 7.05 Å². The van der Waals surface area contributed by atoms with Crippen LogP contribution in [0.2, 0.25) is 0 Å².